The van der Waals surface area contributed by atoms with Crippen molar-refractivity contribution in [2.75, 3.05) is 32.2 Å². The molecule has 9 nitrogen and oxygen atoms in total. The van der Waals surface area contributed by atoms with Crippen molar-refractivity contribution in [3.63, 3.8) is 0 Å². The maximum atomic E-state index is 13.9. The normalized spacial score (nSPS) is 12.1. The van der Waals surface area contributed by atoms with Crippen LogP contribution in [0.1, 0.15) is 38.8 Å². The Balaban J connectivity index is 1.96. The first kappa shape index (κ1) is 30.8. The van der Waals surface area contributed by atoms with Gasteiger partial charge in [0.2, 0.25) is 0 Å². The zero-order chi connectivity index (χ0) is 29.7. The number of methoxy groups -OCH3 is 3. The number of hydrogen-bond donors (Lipinski definition) is 1. The molecule has 0 aliphatic carbocycles. The maximum absolute atomic E-state index is 13.9. The average molecular weight is 588 g/mol. The Morgan fingerprint density at radius 1 is 0.900 bits per heavy atom. The molecule has 0 unspecified atom stereocenters. The number of amides is 1. The molecule has 0 atom stereocenters. The largest absolute Gasteiger partial charge is 0.495 e. The molecule has 1 N–H and O–H groups in total. The second-order valence-electron chi connectivity index (χ2n) is 9.90. The lowest BCUT2D eigenvalue weighted by atomic mass is 9.86. The summed E-state index contributed by atoms with van der Waals surface area (Å²) in [4.78, 5) is 13.0. The molecule has 0 aromatic heterocycles. The highest BCUT2D eigenvalue weighted by molar-refractivity contribution is 7.92. The van der Waals surface area contributed by atoms with Crippen LogP contribution in [0.2, 0.25) is 5.02 Å². The standard InChI is InChI=1S/C29H34ClN3O6S/c1-19(20-8-10-21(11-9-20)29(2,3)4)31-32-28(34)18-33(24-16-22(30)12-14-25(24)37-5)40(35,36)23-13-15-26(38-6)27(17-23)39-7/h8-17H,18H2,1-7H3,(H,32,34)/b31-19-. The Morgan fingerprint density at radius 3 is 2.08 bits per heavy atom. The first-order valence-corrected chi connectivity index (χ1v) is 14.2. The summed E-state index contributed by atoms with van der Waals surface area (Å²) in [6, 6.07) is 16.5. The molecule has 0 fully saturated rings. The Bertz CT molecular complexity index is 1500. The first-order valence-electron chi connectivity index (χ1n) is 12.3. The molecular weight excluding hydrogens is 554 g/mol. The maximum Gasteiger partial charge on any atom is 0.265 e. The van der Waals surface area contributed by atoms with Gasteiger partial charge < -0.3 is 14.2 Å². The summed E-state index contributed by atoms with van der Waals surface area (Å²) < 4.78 is 44.6. The third-order valence-electron chi connectivity index (χ3n) is 6.16. The summed E-state index contributed by atoms with van der Waals surface area (Å²) in [6.07, 6.45) is 0. The summed E-state index contributed by atoms with van der Waals surface area (Å²) in [6.45, 7) is 7.53. The van der Waals surface area contributed by atoms with Crippen LogP contribution in [-0.2, 0) is 20.2 Å². The van der Waals surface area contributed by atoms with Gasteiger partial charge in [0.1, 0.15) is 12.3 Å². The van der Waals surface area contributed by atoms with E-state index in [-0.39, 0.29) is 32.5 Å². The fourth-order valence-corrected chi connectivity index (χ4v) is 5.46. The van der Waals surface area contributed by atoms with E-state index in [4.69, 9.17) is 25.8 Å². The van der Waals surface area contributed by atoms with Crippen LogP contribution in [0.25, 0.3) is 0 Å². The highest BCUT2D eigenvalue weighted by atomic mass is 35.5. The number of hydrazone groups is 1. The lowest BCUT2D eigenvalue weighted by molar-refractivity contribution is -0.119. The minimum absolute atomic E-state index is 0.00202. The van der Waals surface area contributed by atoms with Crippen LogP contribution < -0.4 is 23.9 Å². The quantitative estimate of drug-likeness (QED) is 0.251. The van der Waals surface area contributed by atoms with Crippen LogP contribution in [0, 0.1) is 0 Å². The van der Waals surface area contributed by atoms with Crippen molar-refractivity contribution in [3.8, 4) is 17.2 Å². The van der Waals surface area contributed by atoms with Gasteiger partial charge in [0.05, 0.1) is 37.6 Å². The van der Waals surface area contributed by atoms with E-state index in [2.05, 4.69) is 31.3 Å². The van der Waals surface area contributed by atoms with Crippen molar-refractivity contribution in [1.82, 2.24) is 5.43 Å². The molecule has 0 aliphatic rings. The number of ether oxygens (including phenoxy) is 3. The minimum atomic E-state index is -4.32. The van der Waals surface area contributed by atoms with E-state index in [0.717, 1.165) is 9.87 Å². The van der Waals surface area contributed by atoms with Crippen LogP contribution >= 0.6 is 11.6 Å². The van der Waals surface area contributed by atoms with Crippen LogP contribution in [0.15, 0.2) is 70.7 Å². The molecule has 0 saturated carbocycles. The number of carbonyl (C=O) groups is 1. The molecule has 0 saturated heterocycles. The van der Waals surface area contributed by atoms with Crippen LogP contribution in [-0.4, -0.2) is 47.9 Å². The molecule has 3 rings (SSSR count). The molecule has 11 heteroatoms. The fourth-order valence-electron chi connectivity index (χ4n) is 3.85. The molecule has 0 heterocycles. The number of rotatable bonds is 10. The SMILES string of the molecule is COc1ccc(S(=O)(=O)N(CC(=O)N/N=C(/C)c2ccc(C(C)(C)C)cc2)c2cc(Cl)ccc2OC)cc1OC. The molecule has 3 aromatic carbocycles. The number of anilines is 1. The number of sulfonamides is 1. The number of carbonyl (C=O) groups excluding carboxylic acids is 1. The van der Waals surface area contributed by atoms with Gasteiger partial charge >= 0.3 is 0 Å². The van der Waals surface area contributed by atoms with Gasteiger partial charge in [-0.25, -0.2) is 13.8 Å². The van der Waals surface area contributed by atoms with E-state index in [0.29, 0.717) is 11.5 Å². The van der Waals surface area contributed by atoms with Crippen LogP contribution in [0.4, 0.5) is 5.69 Å². The van der Waals surface area contributed by atoms with E-state index in [9.17, 15) is 13.2 Å². The molecular formula is C29H34ClN3O6S. The van der Waals surface area contributed by atoms with E-state index in [1.54, 1.807) is 13.0 Å². The van der Waals surface area contributed by atoms with Crippen molar-refractivity contribution in [3.05, 3.63) is 76.8 Å². The topological polar surface area (TPSA) is 107 Å². The lowest BCUT2D eigenvalue weighted by Crippen LogP contribution is -2.40. The van der Waals surface area contributed by atoms with Crippen LogP contribution in [0.3, 0.4) is 0 Å². The molecule has 0 aliphatic heterocycles. The molecule has 3 aromatic rings. The second kappa shape index (κ2) is 12.6. The third-order valence-corrected chi connectivity index (χ3v) is 8.15. The summed E-state index contributed by atoms with van der Waals surface area (Å²) >= 11 is 6.21. The molecule has 0 spiro atoms. The van der Waals surface area contributed by atoms with Gasteiger partial charge in [0.15, 0.2) is 11.5 Å². The number of hydrogen-bond acceptors (Lipinski definition) is 7. The highest BCUT2D eigenvalue weighted by Crippen LogP contribution is 2.37. The minimum Gasteiger partial charge on any atom is -0.495 e. The molecule has 40 heavy (non-hydrogen) atoms. The van der Waals surface area contributed by atoms with Crippen LogP contribution in [0.5, 0.6) is 17.2 Å². The third kappa shape index (κ3) is 7.05. The van der Waals surface area contributed by atoms with Crippen molar-refractivity contribution in [2.24, 2.45) is 5.10 Å². The van der Waals surface area contributed by atoms with Gasteiger partial charge in [0, 0.05) is 11.1 Å². The van der Waals surface area contributed by atoms with E-state index in [1.807, 2.05) is 24.3 Å². The van der Waals surface area contributed by atoms with E-state index < -0.39 is 22.5 Å². The predicted molar refractivity (Wildman–Crippen MR) is 158 cm³/mol. The van der Waals surface area contributed by atoms with Gasteiger partial charge in [0.25, 0.3) is 15.9 Å². The van der Waals surface area contributed by atoms with Gasteiger partial charge in [-0.15, -0.1) is 0 Å². The average Bonchev–Trinajstić information content (AvgIpc) is 2.93. The van der Waals surface area contributed by atoms with Crippen molar-refractivity contribution >= 4 is 38.9 Å². The van der Waals surface area contributed by atoms with Gasteiger partial charge in [-0.05, 0) is 53.8 Å². The number of halogens is 1. The predicted octanol–water partition coefficient (Wildman–Crippen LogP) is 5.40. The highest BCUT2D eigenvalue weighted by Gasteiger charge is 2.31. The van der Waals surface area contributed by atoms with E-state index in [1.165, 1.54) is 57.2 Å². The smallest absolute Gasteiger partial charge is 0.265 e. The fraction of sp³-hybridized carbons (Fsp3) is 0.310. The van der Waals surface area contributed by atoms with Gasteiger partial charge in [-0.2, -0.15) is 5.10 Å². The Hall–Kier alpha value is -3.76. The summed E-state index contributed by atoms with van der Waals surface area (Å²) in [5, 5.41) is 4.46. The Kier molecular flexibility index (Phi) is 9.70. The van der Waals surface area contributed by atoms with Crippen molar-refractivity contribution in [1.29, 1.82) is 0 Å². The van der Waals surface area contributed by atoms with E-state index >= 15 is 0 Å². The number of nitrogens with zero attached hydrogens (tertiary/aromatic N) is 2. The van der Waals surface area contributed by atoms with Crippen molar-refractivity contribution < 1.29 is 27.4 Å². The lowest BCUT2D eigenvalue weighted by Gasteiger charge is -2.26. The molecule has 0 radical (unpaired) electrons. The Labute approximate surface area is 240 Å². The summed E-state index contributed by atoms with van der Waals surface area (Å²) in [5.41, 5.74) is 5.09. The Morgan fingerprint density at radius 2 is 1.50 bits per heavy atom. The second-order valence-corrected chi connectivity index (χ2v) is 12.2. The molecule has 0 bridgehead atoms. The zero-order valence-electron chi connectivity index (χ0n) is 23.6. The summed E-state index contributed by atoms with van der Waals surface area (Å²) in [7, 11) is -0.0757. The first-order chi connectivity index (χ1) is 18.8. The number of benzene rings is 3. The molecule has 214 valence electrons. The van der Waals surface area contributed by atoms with Gasteiger partial charge in [-0.1, -0.05) is 56.6 Å². The van der Waals surface area contributed by atoms with Crippen molar-refractivity contribution in [2.45, 2.75) is 38.0 Å². The summed E-state index contributed by atoms with van der Waals surface area (Å²) in [5.74, 6) is 0.103. The molecule has 1 amide bonds. The monoisotopic (exact) mass is 587 g/mol. The number of nitrogens with one attached hydrogen (secondary N) is 1. The zero-order valence-corrected chi connectivity index (χ0v) is 25.2. The van der Waals surface area contributed by atoms with Gasteiger partial charge in [-0.3, -0.25) is 9.10 Å².